The maximum atomic E-state index is 12.7. The number of aliphatic hydroxyl groups is 1. The number of Topliss-reactive ketones (excluding diaryl/α,β-unsaturated/α-hetero) is 1. The Hall–Kier alpha value is -2.66. The predicted molar refractivity (Wildman–Crippen MR) is 105 cm³/mol. The number of nitrogens with zero attached hydrogens (tertiary/aromatic N) is 1. The Morgan fingerprint density at radius 3 is 2.35 bits per heavy atom. The van der Waals surface area contributed by atoms with Crippen molar-refractivity contribution < 1.29 is 14.7 Å². The molecule has 0 saturated carbocycles. The van der Waals surface area contributed by atoms with Gasteiger partial charge in [-0.2, -0.15) is 0 Å². The number of rotatable bonds is 4. The number of aryl methyl sites for hydroxylation is 1. The van der Waals surface area contributed by atoms with Gasteiger partial charge in [0.25, 0.3) is 11.7 Å². The van der Waals surface area contributed by atoms with Gasteiger partial charge in [0.1, 0.15) is 5.76 Å². The van der Waals surface area contributed by atoms with Gasteiger partial charge in [0, 0.05) is 16.6 Å². The van der Waals surface area contributed by atoms with Crippen molar-refractivity contribution in [2.24, 2.45) is 0 Å². The molecular weight excluding hydrogens is 394 g/mol. The highest BCUT2D eigenvalue weighted by Gasteiger charge is 2.45. The van der Waals surface area contributed by atoms with Crippen LogP contribution >= 0.6 is 15.9 Å². The van der Waals surface area contributed by atoms with Crippen LogP contribution in [-0.2, 0) is 9.59 Å². The molecule has 1 saturated heterocycles. The number of benzene rings is 2. The second-order valence-electron chi connectivity index (χ2n) is 6.16. The van der Waals surface area contributed by atoms with Crippen LogP contribution in [0.3, 0.4) is 0 Å². The molecule has 1 fully saturated rings. The van der Waals surface area contributed by atoms with Crippen molar-refractivity contribution in [1.82, 2.24) is 4.90 Å². The zero-order valence-corrected chi connectivity index (χ0v) is 15.9. The first-order valence-corrected chi connectivity index (χ1v) is 8.95. The van der Waals surface area contributed by atoms with Gasteiger partial charge in [0.05, 0.1) is 11.6 Å². The third-order valence-corrected chi connectivity index (χ3v) is 4.91. The Morgan fingerprint density at radius 2 is 1.77 bits per heavy atom. The van der Waals surface area contributed by atoms with E-state index in [2.05, 4.69) is 22.5 Å². The van der Waals surface area contributed by atoms with Gasteiger partial charge in [-0.3, -0.25) is 9.59 Å². The predicted octanol–water partition coefficient (Wildman–Crippen LogP) is 4.37. The fourth-order valence-corrected chi connectivity index (χ4v) is 3.33. The lowest BCUT2D eigenvalue weighted by molar-refractivity contribution is -0.139. The van der Waals surface area contributed by atoms with Crippen molar-refractivity contribution >= 4 is 33.4 Å². The molecule has 2 aromatic rings. The molecule has 1 atom stereocenters. The molecule has 5 heteroatoms. The van der Waals surface area contributed by atoms with E-state index in [1.54, 1.807) is 18.2 Å². The van der Waals surface area contributed by atoms with E-state index in [1.165, 1.54) is 4.90 Å². The number of likely N-dealkylation sites (tertiary alicyclic amines) is 1. The van der Waals surface area contributed by atoms with Gasteiger partial charge < -0.3 is 10.0 Å². The Bertz CT molecular complexity index is 898. The molecule has 0 radical (unpaired) electrons. The SMILES string of the molecule is C=CCN1C(=O)C(=O)/C(=C(\O)c2ccc(C)cc2)C1c1ccc(Br)cc1. The van der Waals surface area contributed by atoms with E-state index >= 15 is 0 Å². The average Bonchev–Trinajstić information content (AvgIpc) is 2.88. The molecule has 1 N–H and O–H groups in total. The minimum atomic E-state index is -0.683. The molecule has 132 valence electrons. The summed E-state index contributed by atoms with van der Waals surface area (Å²) in [7, 11) is 0. The van der Waals surface area contributed by atoms with E-state index in [4.69, 9.17) is 0 Å². The van der Waals surface area contributed by atoms with E-state index < -0.39 is 17.7 Å². The van der Waals surface area contributed by atoms with E-state index in [-0.39, 0.29) is 17.9 Å². The highest BCUT2D eigenvalue weighted by atomic mass is 79.9. The van der Waals surface area contributed by atoms with Crippen LogP contribution in [0.15, 0.2) is 71.2 Å². The summed E-state index contributed by atoms with van der Waals surface area (Å²) in [5.74, 6) is -1.48. The summed E-state index contributed by atoms with van der Waals surface area (Å²) >= 11 is 3.39. The molecule has 0 bridgehead atoms. The van der Waals surface area contributed by atoms with Gasteiger partial charge in [-0.15, -0.1) is 6.58 Å². The molecule has 1 aliphatic heterocycles. The molecule has 26 heavy (non-hydrogen) atoms. The summed E-state index contributed by atoms with van der Waals surface area (Å²) in [6.07, 6.45) is 1.57. The van der Waals surface area contributed by atoms with Crippen LogP contribution in [0, 0.1) is 6.92 Å². The van der Waals surface area contributed by atoms with Crippen molar-refractivity contribution in [2.75, 3.05) is 6.54 Å². The summed E-state index contributed by atoms with van der Waals surface area (Å²) in [5.41, 5.74) is 2.40. The largest absolute Gasteiger partial charge is 0.507 e. The zero-order chi connectivity index (χ0) is 18.8. The van der Waals surface area contributed by atoms with Gasteiger partial charge in [0.2, 0.25) is 0 Å². The molecule has 3 rings (SSSR count). The van der Waals surface area contributed by atoms with E-state index in [0.29, 0.717) is 5.56 Å². The van der Waals surface area contributed by atoms with Crippen LogP contribution in [-0.4, -0.2) is 28.2 Å². The second kappa shape index (κ2) is 7.30. The second-order valence-corrected chi connectivity index (χ2v) is 7.07. The minimum absolute atomic E-state index is 0.100. The number of amides is 1. The van der Waals surface area contributed by atoms with Crippen molar-refractivity contribution in [3.63, 3.8) is 0 Å². The van der Waals surface area contributed by atoms with Gasteiger partial charge in [0.15, 0.2) is 0 Å². The smallest absolute Gasteiger partial charge is 0.295 e. The minimum Gasteiger partial charge on any atom is -0.507 e. The number of hydrogen-bond acceptors (Lipinski definition) is 3. The highest BCUT2D eigenvalue weighted by Crippen LogP contribution is 2.39. The molecule has 1 aliphatic rings. The van der Waals surface area contributed by atoms with Crippen LogP contribution in [0.5, 0.6) is 0 Å². The molecular formula is C21H18BrNO3. The average molecular weight is 412 g/mol. The Morgan fingerprint density at radius 1 is 1.15 bits per heavy atom. The standard InChI is InChI=1S/C21H18BrNO3/c1-3-12-23-18(14-8-10-16(22)11-9-14)17(20(25)21(23)26)19(24)15-6-4-13(2)5-7-15/h3-11,18,24H,1,12H2,2H3/b19-17-. The summed E-state index contributed by atoms with van der Waals surface area (Å²) in [6.45, 7) is 5.83. The van der Waals surface area contributed by atoms with E-state index in [0.717, 1.165) is 15.6 Å². The number of aliphatic hydroxyl groups excluding tert-OH is 1. The van der Waals surface area contributed by atoms with Crippen LogP contribution in [0.4, 0.5) is 0 Å². The highest BCUT2D eigenvalue weighted by molar-refractivity contribution is 9.10. The summed E-state index contributed by atoms with van der Waals surface area (Å²) in [4.78, 5) is 26.6. The third-order valence-electron chi connectivity index (χ3n) is 4.38. The fourth-order valence-electron chi connectivity index (χ4n) is 3.07. The normalized spacial score (nSPS) is 19.0. The first-order valence-electron chi connectivity index (χ1n) is 8.16. The Kier molecular flexibility index (Phi) is 5.09. The van der Waals surface area contributed by atoms with Gasteiger partial charge in [-0.25, -0.2) is 0 Å². The van der Waals surface area contributed by atoms with Gasteiger partial charge in [-0.1, -0.05) is 64.0 Å². The number of carbonyl (C=O) groups is 2. The lowest BCUT2D eigenvalue weighted by Gasteiger charge is -2.24. The lowest BCUT2D eigenvalue weighted by atomic mass is 9.95. The van der Waals surface area contributed by atoms with Gasteiger partial charge >= 0.3 is 0 Å². The van der Waals surface area contributed by atoms with Crippen LogP contribution in [0.25, 0.3) is 5.76 Å². The molecule has 1 heterocycles. The molecule has 1 unspecified atom stereocenters. The fraction of sp³-hybridized carbons (Fsp3) is 0.143. The number of halogens is 1. The molecule has 0 spiro atoms. The first kappa shape index (κ1) is 18.1. The molecule has 1 amide bonds. The maximum Gasteiger partial charge on any atom is 0.295 e. The van der Waals surface area contributed by atoms with Crippen molar-refractivity contribution in [2.45, 2.75) is 13.0 Å². The van der Waals surface area contributed by atoms with Crippen molar-refractivity contribution in [3.8, 4) is 0 Å². The van der Waals surface area contributed by atoms with E-state index in [1.807, 2.05) is 43.3 Å². The number of hydrogen-bond donors (Lipinski definition) is 1. The third kappa shape index (κ3) is 3.22. The first-order chi connectivity index (χ1) is 12.4. The monoisotopic (exact) mass is 411 g/mol. The summed E-state index contributed by atoms with van der Waals surface area (Å²) in [6, 6.07) is 13.9. The number of carbonyl (C=O) groups excluding carboxylic acids is 2. The molecule has 0 aliphatic carbocycles. The molecule has 0 aromatic heterocycles. The topological polar surface area (TPSA) is 57.6 Å². The van der Waals surface area contributed by atoms with Crippen LogP contribution in [0.2, 0.25) is 0 Å². The molecule has 4 nitrogen and oxygen atoms in total. The summed E-state index contributed by atoms with van der Waals surface area (Å²) in [5, 5.41) is 10.8. The number of ketones is 1. The lowest BCUT2D eigenvalue weighted by Crippen LogP contribution is -2.29. The van der Waals surface area contributed by atoms with Crippen LogP contribution < -0.4 is 0 Å². The van der Waals surface area contributed by atoms with Crippen LogP contribution in [0.1, 0.15) is 22.7 Å². The van der Waals surface area contributed by atoms with E-state index in [9.17, 15) is 14.7 Å². The molecule has 2 aromatic carbocycles. The zero-order valence-electron chi connectivity index (χ0n) is 14.3. The maximum absolute atomic E-state index is 12.7. The summed E-state index contributed by atoms with van der Waals surface area (Å²) < 4.78 is 0.889. The Balaban J connectivity index is 2.18. The van der Waals surface area contributed by atoms with Crippen molar-refractivity contribution in [1.29, 1.82) is 0 Å². The van der Waals surface area contributed by atoms with Crippen molar-refractivity contribution in [3.05, 3.63) is 87.9 Å². The quantitative estimate of drug-likeness (QED) is 0.351. The Labute approximate surface area is 160 Å². The van der Waals surface area contributed by atoms with Gasteiger partial charge in [-0.05, 0) is 24.6 Å².